The summed E-state index contributed by atoms with van der Waals surface area (Å²) in [5.74, 6) is 0. The van der Waals surface area contributed by atoms with E-state index in [0.29, 0.717) is 6.42 Å². The van der Waals surface area contributed by atoms with Gasteiger partial charge in [0.2, 0.25) is 0 Å². The van der Waals surface area contributed by atoms with Crippen molar-refractivity contribution in [2.24, 2.45) is 0 Å². The van der Waals surface area contributed by atoms with Gasteiger partial charge in [0.1, 0.15) is 0 Å². The maximum Gasteiger partial charge on any atom is 0.389 e. The van der Waals surface area contributed by atoms with Crippen molar-refractivity contribution in [2.75, 3.05) is 0 Å². The largest absolute Gasteiger partial charge is 0.389 e. The van der Waals surface area contributed by atoms with Gasteiger partial charge in [-0.1, -0.05) is 0 Å². The molecule has 1 heterocycles. The summed E-state index contributed by atoms with van der Waals surface area (Å²) in [5.41, 5.74) is 1.19. The minimum absolute atomic E-state index is 0.127. The fraction of sp³-hybridized carbons (Fsp3) is 0.636. The van der Waals surface area contributed by atoms with E-state index in [1.807, 2.05) is 23.8 Å². The zero-order valence-corrected chi connectivity index (χ0v) is 10.00. The number of thiophene rings is 1. The molecule has 0 bridgehead atoms. The summed E-state index contributed by atoms with van der Waals surface area (Å²) in [7, 11) is 0. The molecule has 0 aliphatic rings. The van der Waals surface area contributed by atoms with Crippen LogP contribution in [0.25, 0.3) is 0 Å². The average molecular weight is 251 g/mol. The molecule has 0 saturated carbocycles. The number of rotatable bonds is 6. The summed E-state index contributed by atoms with van der Waals surface area (Å²) < 4.78 is 35.7. The number of alkyl halides is 3. The van der Waals surface area contributed by atoms with Crippen LogP contribution in [0.15, 0.2) is 16.8 Å². The van der Waals surface area contributed by atoms with Crippen molar-refractivity contribution in [1.29, 1.82) is 0 Å². The van der Waals surface area contributed by atoms with E-state index in [1.54, 1.807) is 11.3 Å². The second-order valence-corrected chi connectivity index (χ2v) is 4.70. The van der Waals surface area contributed by atoms with Crippen LogP contribution in [-0.4, -0.2) is 12.2 Å². The molecular formula is C11H16F3NS. The molecule has 1 aromatic rings. The Morgan fingerprint density at radius 3 is 2.75 bits per heavy atom. The van der Waals surface area contributed by atoms with Crippen molar-refractivity contribution in [3.8, 4) is 0 Å². The molecule has 0 radical (unpaired) electrons. The van der Waals surface area contributed by atoms with Crippen molar-refractivity contribution in [3.63, 3.8) is 0 Å². The quantitative estimate of drug-likeness (QED) is 0.807. The van der Waals surface area contributed by atoms with Crippen LogP contribution in [0.1, 0.15) is 31.7 Å². The van der Waals surface area contributed by atoms with Gasteiger partial charge in [-0.05, 0) is 42.2 Å². The van der Waals surface area contributed by atoms with Gasteiger partial charge in [0.25, 0.3) is 0 Å². The Bertz CT molecular complexity index is 282. The van der Waals surface area contributed by atoms with E-state index in [4.69, 9.17) is 0 Å². The molecule has 5 heteroatoms. The monoisotopic (exact) mass is 251 g/mol. The van der Waals surface area contributed by atoms with Gasteiger partial charge >= 0.3 is 6.18 Å². The Morgan fingerprint density at radius 2 is 2.19 bits per heavy atom. The first kappa shape index (κ1) is 13.5. The van der Waals surface area contributed by atoms with Crippen molar-refractivity contribution >= 4 is 11.3 Å². The summed E-state index contributed by atoms with van der Waals surface area (Å²) in [6.07, 6.45) is -3.95. The predicted molar refractivity (Wildman–Crippen MR) is 60.5 cm³/mol. The van der Waals surface area contributed by atoms with Gasteiger partial charge in [-0.15, -0.1) is 0 Å². The van der Waals surface area contributed by atoms with Crippen LogP contribution in [0.4, 0.5) is 13.2 Å². The van der Waals surface area contributed by atoms with Crippen LogP contribution >= 0.6 is 11.3 Å². The lowest BCUT2D eigenvalue weighted by atomic mass is 10.1. The van der Waals surface area contributed by atoms with Gasteiger partial charge < -0.3 is 5.32 Å². The molecule has 92 valence electrons. The predicted octanol–water partition coefficient (Wildman–Crippen LogP) is 3.96. The summed E-state index contributed by atoms with van der Waals surface area (Å²) in [5, 5.41) is 7.24. The highest BCUT2D eigenvalue weighted by molar-refractivity contribution is 7.07. The molecule has 1 aromatic heterocycles. The van der Waals surface area contributed by atoms with Gasteiger partial charge in [0.15, 0.2) is 0 Å². The van der Waals surface area contributed by atoms with Crippen LogP contribution in [0.5, 0.6) is 0 Å². The Labute approximate surface area is 97.7 Å². The lowest BCUT2D eigenvalue weighted by molar-refractivity contribution is -0.135. The summed E-state index contributed by atoms with van der Waals surface area (Å²) in [4.78, 5) is 0. The van der Waals surface area contributed by atoms with Gasteiger partial charge in [0, 0.05) is 19.0 Å². The highest BCUT2D eigenvalue weighted by atomic mass is 32.1. The summed E-state index contributed by atoms with van der Waals surface area (Å²) in [6, 6.07) is 2.14. The van der Waals surface area contributed by atoms with Crippen molar-refractivity contribution in [1.82, 2.24) is 5.32 Å². The first-order chi connectivity index (χ1) is 7.47. The van der Waals surface area contributed by atoms with Gasteiger partial charge in [-0.25, -0.2) is 0 Å². The first-order valence-corrected chi connectivity index (χ1v) is 6.23. The van der Waals surface area contributed by atoms with E-state index in [0.717, 1.165) is 6.54 Å². The molecule has 1 atom stereocenters. The standard InChI is InChI=1S/C11H16F3NS/c1-9(3-2-5-11(12,13)14)15-7-10-4-6-16-8-10/h4,6,8-9,15H,2-3,5,7H2,1H3. The van der Waals surface area contributed by atoms with Crippen LogP contribution < -0.4 is 5.32 Å². The molecule has 0 aliphatic heterocycles. The molecule has 0 spiro atoms. The number of hydrogen-bond acceptors (Lipinski definition) is 2. The lowest BCUT2D eigenvalue weighted by Crippen LogP contribution is -2.25. The van der Waals surface area contributed by atoms with Gasteiger partial charge in [0.05, 0.1) is 0 Å². The molecule has 16 heavy (non-hydrogen) atoms. The second-order valence-electron chi connectivity index (χ2n) is 3.92. The molecule has 0 saturated heterocycles. The number of halogens is 3. The zero-order valence-electron chi connectivity index (χ0n) is 9.18. The molecule has 1 unspecified atom stereocenters. The Balaban J connectivity index is 2.09. The Morgan fingerprint density at radius 1 is 1.44 bits per heavy atom. The van der Waals surface area contributed by atoms with Crippen molar-refractivity contribution < 1.29 is 13.2 Å². The van der Waals surface area contributed by atoms with Crippen molar-refractivity contribution in [2.45, 2.75) is 44.9 Å². The molecule has 1 nitrogen and oxygen atoms in total. The maximum absolute atomic E-state index is 11.9. The fourth-order valence-corrected chi connectivity index (χ4v) is 2.06. The van der Waals surface area contributed by atoms with E-state index in [2.05, 4.69) is 5.32 Å². The van der Waals surface area contributed by atoms with Crippen molar-refractivity contribution in [3.05, 3.63) is 22.4 Å². The summed E-state index contributed by atoms with van der Waals surface area (Å²) >= 11 is 1.62. The van der Waals surface area contributed by atoms with Crippen LogP contribution in [0, 0.1) is 0 Å². The molecule has 1 N–H and O–H groups in total. The van der Waals surface area contributed by atoms with Gasteiger partial charge in [-0.3, -0.25) is 0 Å². The number of nitrogens with one attached hydrogen (secondary N) is 1. The first-order valence-electron chi connectivity index (χ1n) is 5.28. The van der Waals surface area contributed by atoms with Crippen LogP contribution in [0.3, 0.4) is 0 Å². The minimum Gasteiger partial charge on any atom is -0.310 e. The van der Waals surface area contributed by atoms with E-state index in [9.17, 15) is 13.2 Å². The Kier molecular flexibility index (Phi) is 5.28. The van der Waals surface area contributed by atoms with E-state index in [1.165, 1.54) is 5.56 Å². The maximum atomic E-state index is 11.9. The third-order valence-electron chi connectivity index (χ3n) is 2.33. The molecule has 0 amide bonds. The summed E-state index contributed by atoms with van der Waals surface area (Å²) in [6.45, 7) is 2.65. The number of hydrogen-bond donors (Lipinski definition) is 1. The fourth-order valence-electron chi connectivity index (χ4n) is 1.40. The molecule has 0 aromatic carbocycles. The molecular weight excluding hydrogens is 235 g/mol. The van der Waals surface area contributed by atoms with E-state index in [-0.39, 0.29) is 12.5 Å². The molecule has 0 fully saturated rings. The molecule has 0 aliphatic carbocycles. The third kappa shape index (κ3) is 6.12. The van der Waals surface area contributed by atoms with E-state index < -0.39 is 12.6 Å². The highest BCUT2D eigenvalue weighted by Gasteiger charge is 2.26. The van der Waals surface area contributed by atoms with Gasteiger partial charge in [-0.2, -0.15) is 24.5 Å². The Hall–Kier alpha value is -0.550. The molecule has 1 rings (SSSR count). The lowest BCUT2D eigenvalue weighted by Gasteiger charge is -2.13. The smallest absolute Gasteiger partial charge is 0.310 e. The SMILES string of the molecule is CC(CCCC(F)(F)F)NCc1ccsc1. The third-order valence-corrected chi connectivity index (χ3v) is 3.06. The minimum atomic E-state index is -4.02. The topological polar surface area (TPSA) is 12.0 Å². The normalized spacial score (nSPS) is 14.0. The van der Waals surface area contributed by atoms with E-state index >= 15 is 0 Å². The zero-order chi connectivity index (χ0) is 12.0. The second kappa shape index (κ2) is 6.25. The van der Waals surface area contributed by atoms with Crippen LogP contribution in [-0.2, 0) is 6.54 Å². The van der Waals surface area contributed by atoms with Crippen LogP contribution in [0.2, 0.25) is 0 Å². The average Bonchev–Trinajstić information content (AvgIpc) is 2.65. The highest BCUT2D eigenvalue weighted by Crippen LogP contribution is 2.22.